The van der Waals surface area contributed by atoms with Crippen molar-refractivity contribution in [2.45, 2.75) is 4.90 Å². The number of aromatic carboxylic acids is 1. The third-order valence-corrected chi connectivity index (χ3v) is 3.78. The summed E-state index contributed by atoms with van der Waals surface area (Å²) in [5, 5.41) is 8.61. The molecule has 0 saturated carbocycles. The number of carboxylic acid groups (broad SMARTS) is 1. The first-order chi connectivity index (χ1) is 7.88. The molecule has 0 atom stereocenters. The Morgan fingerprint density at radius 1 is 1.47 bits per heavy atom. The lowest BCUT2D eigenvalue weighted by molar-refractivity contribution is 0.0696. The lowest BCUT2D eigenvalue weighted by Gasteiger charge is -2.05. The molecule has 0 aliphatic heterocycles. The molecule has 0 amide bonds. The lowest BCUT2D eigenvalue weighted by atomic mass is 10.2. The molecule has 0 heterocycles. The molecule has 0 aliphatic rings. The van der Waals surface area contributed by atoms with Crippen LogP contribution in [-0.2, 0) is 14.6 Å². The van der Waals surface area contributed by atoms with Crippen LogP contribution in [0.2, 0.25) is 0 Å². The fraction of sp³-hybridized carbons (Fsp3) is 0.300. The number of carbonyl (C=O) groups is 1. The Morgan fingerprint density at radius 2 is 2.12 bits per heavy atom. The normalized spacial score (nSPS) is 11.4. The van der Waals surface area contributed by atoms with E-state index in [4.69, 9.17) is 5.11 Å². The summed E-state index contributed by atoms with van der Waals surface area (Å²) >= 11 is 0. The molecule has 0 bridgehead atoms. The average Bonchev–Trinajstić information content (AvgIpc) is 2.25. The Bertz CT molecular complexity index is 523. The second-order valence-corrected chi connectivity index (χ2v) is 5.34. The van der Waals surface area contributed by atoms with Crippen LogP contribution in [0.5, 0.6) is 0 Å². The molecule has 1 N–H and O–H groups in total. The van der Waals surface area contributed by atoms with E-state index >= 15 is 0 Å². The molecule has 0 spiro atoms. The molecular weight excluding hydrogens is 251 g/mol. The van der Waals surface area contributed by atoms with Gasteiger partial charge < -0.3 is 9.84 Å². The van der Waals surface area contributed by atoms with Gasteiger partial charge in [-0.1, -0.05) is 0 Å². The highest BCUT2D eigenvalue weighted by molar-refractivity contribution is 7.91. The summed E-state index contributed by atoms with van der Waals surface area (Å²) in [7, 11) is -2.46. The zero-order valence-electron chi connectivity index (χ0n) is 9.01. The molecule has 0 radical (unpaired) electrons. The van der Waals surface area contributed by atoms with Crippen LogP contribution in [-0.4, -0.2) is 39.0 Å². The van der Waals surface area contributed by atoms with Crippen molar-refractivity contribution < 1.29 is 27.4 Å². The van der Waals surface area contributed by atoms with Gasteiger partial charge in [0.05, 0.1) is 17.9 Å². The van der Waals surface area contributed by atoms with Crippen LogP contribution in [0.1, 0.15) is 10.4 Å². The molecule has 94 valence electrons. The SMILES string of the molecule is COCCS(=O)(=O)c1ccc(C(=O)O)cc1F. The fourth-order valence-corrected chi connectivity index (χ4v) is 2.43. The molecule has 0 unspecified atom stereocenters. The van der Waals surface area contributed by atoms with E-state index in [0.717, 1.165) is 12.1 Å². The predicted molar refractivity (Wildman–Crippen MR) is 57.3 cm³/mol. The Balaban J connectivity index is 3.12. The van der Waals surface area contributed by atoms with Gasteiger partial charge in [0, 0.05) is 7.11 Å². The van der Waals surface area contributed by atoms with Gasteiger partial charge in [0.2, 0.25) is 0 Å². The van der Waals surface area contributed by atoms with E-state index in [0.29, 0.717) is 6.07 Å². The van der Waals surface area contributed by atoms with Gasteiger partial charge in [-0.3, -0.25) is 0 Å². The third kappa shape index (κ3) is 3.24. The van der Waals surface area contributed by atoms with Crippen molar-refractivity contribution in [1.82, 2.24) is 0 Å². The van der Waals surface area contributed by atoms with Crippen LogP contribution in [0.15, 0.2) is 23.1 Å². The number of sulfone groups is 1. The van der Waals surface area contributed by atoms with Gasteiger partial charge in [0.15, 0.2) is 9.84 Å². The molecule has 1 aromatic rings. The van der Waals surface area contributed by atoms with Gasteiger partial charge in [-0.15, -0.1) is 0 Å². The van der Waals surface area contributed by atoms with Crippen molar-refractivity contribution in [1.29, 1.82) is 0 Å². The van der Waals surface area contributed by atoms with Crippen LogP contribution in [0.25, 0.3) is 0 Å². The van der Waals surface area contributed by atoms with E-state index in [1.807, 2.05) is 0 Å². The standard InChI is InChI=1S/C10H11FO5S/c1-16-4-5-17(14,15)9-3-2-7(10(12)13)6-8(9)11/h2-3,6H,4-5H2,1H3,(H,12,13). The van der Waals surface area contributed by atoms with Crippen LogP contribution in [0.3, 0.4) is 0 Å². The highest BCUT2D eigenvalue weighted by atomic mass is 32.2. The van der Waals surface area contributed by atoms with Crippen LogP contribution >= 0.6 is 0 Å². The fourth-order valence-electron chi connectivity index (χ4n) is 1.19. The average molecular weight is 262 g/mol. The largest absolute Gasteiger partial charge is 0.478 e. The van der Waals surface area contributed by atoms with Crippen molar-refractivity contribution in [3.63, 3.8) is 0 Å². The number of rotatable bonds is 5. The van der Waals surface area contributed by atoms with E-state index in [1.54, 1.807) is 0 Å². The molecular formula is C10H11FO5S. The Morgan fingerprint density at radius 3 is 2.59 bits per heavy atom. The number of halogens is 1. The number of methoxy groups -OCH3 is 1. The zero-order chi connectivity index (χ0) is 13.1. The number of ether oxygens (including phenoxy) is 1. The minimum absolute atomic E-state index is 0.0531. The molecule has 1 rings (SSSR count). The van der Waals surface area contributed by atoms with Gasteiger partial charge in [-0.25, -0.2) is 17.6 Å². The van der Waals surface area contributed by atoms with Gasteiger partial charge >= 0.3 is 5.97 Å². The molecule has 0 saturated heterocycles. The topological polar surface area (TPSA) is 80.7 Å². The first-order valence-corrected chi connectivity index (χ1v) is 6.28. The maximum atomic E-state index is 13.5. The number of carboxylic acids is 1. The maximum absolute atomic E-state index is 13.5. The van der Waals surface area contributed by atoms with Crippen molar-refractivity contribution in [2.24, 2.45) is 0 Å². The molecule has 0 fully saturated rings. The Labute approximate surface area is 97.8 Å². The Hall–Kier alpha value is -1.47. The quantitative estimate of drug-likeness (QED) is 0.854. The van der Waals surface area contributed by atoms with Crippen LogP contribution in [0.4, 0.5) is 4.39 Å². The predicted octanol–water partition coefficient (Wildman–Crippen LogP) is 0.944. The second-order valence-electron chi connectivity index (χ2n) is 3.26. The Kier molecular flexibility index (Phi) is 4.19. The molecule has 0 aliphatic carbocycles. The minimum Gasteiger partial charge on any atom is -0.478 e. The summed E-state index contributed by atoms with van der Waals surface area (Å²) in [6.45, 7) is -0.0531. The van der Waals surface area contributed by atoms with Crippen molar-refractivity contribution in [3.05, 3.63) is 29.6 Å². The number of benzene rings is 1. The van der Waals surface area contributed by atoms with Crippen molar-refractivity contribution in [3.8, 4) is 0 Å². The highest BCUT2D eigenvalue weighted by Crippen LogP contribution is 2.17. The van der Waals surface area contributed by atoms with E-state index in [-0.39, 0.29) is 17.9 Å². The van der Waals surface area contributed by atoms with Gasteiger partial charge in [-0.2, -0.15) is 0 Å². The molecule has 17 heavy (non-hydrogen) atoms. The summed E-state index contributed by atoms with van der Waals surface area (Å²) < 4.78 is 41.3. The first-order valence-electron chi connectivity index (χ1n) is 4.63. The van der Waals surface area contributed by atoms with E-state index < -0.39 is 26.5 Å². The van der Waals surface area contributed by atoms with Gasteiger partial charge in [0.1, 0.15) is 10.7 Å². The summed E-state index contributed by atoms with van der Waals surface area (Å²) in [6.07, 6.45) is 0. The van der Waals surface area contributed by atoms with Crippen molar-refractivity contribution >= 4 is 15.8 Å². The van der Waals surface area contributed by atoms with Gasteiger partial charge in [-0.05, 0) is 18.2 Å². The maximum Gasteiger partial charge on any atom is 0.335 e. The summed E-state index contributed by atoms with van der Waals surface area (Å²) in [6, 6.07) is 2.68. The molecule has 1 aromatic carbocycles. The van der Waals surface area contributed by atoms with Crippen LogP contribution in [0, 0.1) is 5.82 Å². The highest BCUT2D eigenvalue weighted by Gasteiger charge is 2.20. The van der Waals surface area contributed by atoms with E-state index in [9.17, 15) is 17.6 Å². The van der Waals surface area contributed by atoms with E-state index in [1.165, 1.54) is 7.11 Å². The molecule has 0 aromatic heterocycles. The first kappa shape index (κ1) is 13.6. The minimum atomic E-state index is -3.79. The lowest BCUT2D eigenvalue weighted by Crippen LogP contribution is -2.13. The number of hydrogen-bond acceptors (Lipinski definition) is 4. The molecule has 7 heteroatoms. The second kappa shape index (κ2) is 5.24. The third-order valence-electron chi connectivity index (χ3n) is 2.07. The summed E-state index contributed by atoms with van der Waals surface area (Å²) in [5.41, 5.74) is -0.298. The summed E-state index contributed by atoms with van der Waals surface area (Å²) in [5.74, 6) is -2.74. The van der Waals surface area contributed by atoms with E-state index in [2.05, 4.69) is 4.74 Å². The van der Waals surface area contributed by atoms with Crippen LogP contribution < -0.4 is 0 Å². The smallest absolute Gasteiger partial charge is 0.335 e. The molecule has 5 nitrogen and oxygen atoms in total. The monoisotopic (exact) mass is 262 g/mol. The van der Waals surface area contributed by atoms with Gasteiger partial charge in [0.25, 0.3) is 0 Å². The number of hydrogen-bond donors (Lipinski definition) is 1. The van der Waals surface area contributed by atoms with Crippen molar-refractivity contribution in [2.75, 3.05) is 19.5 Å². The zero-order valence-corrected chi connectivity index (χ0v) is 9.83. The summed E-state index contributed by atoms with van der Waals surface area (Å²) in [4.78, 5) is 10.0.